The van der Waals surface area contributed by atoms with Gasteiger partial charge in [-0.25, -0.2) is 0 Å². The first-order valence-electron chi connectivity index (χ1n) is 8.14. The molecule has 0 saturated carbocycles. The van der Waals surface area contributed by atoms with Crippen LogP contribution in [-0.2, 0) is 4.79 Å². The zero-order valence-corrected chi connectivity index (χ0v) is 14.9. The van der Waals surface area contributed by atoms with Crippen LogP contribution in [0.2, 0.25) is 0 Å². The van der Waals surface area contributed by atoms with Crippen molar-refractivity contribution in [1.82, 2.24) is 5.32 Å². The molecule has 1 atom stereocenters. The fraction of sp³-hybridized carbons (Fsp3) is 0.316. The van der Waals surface area contributed by atoms with Gasteiger partial charge in [0, 0.05) is 11.6 Å². The second kappa shape index (κ2) is 7.86. The van der Waals surface area contributed by atoms with Gasteiger partial charge in [0.1, 0.15) is 17.2 Å². The maximum absolute atomic E-state index is 12.2. The average Bonchev–Trinajstić information content (AvgIpc) is 3.13. The number of rotatable bonds is 7. The Morgan fingerprint density at radius 3 is 2.62 bits per heavy atom. The smallest absolute Gasteiger partial charge is 0.258 e. The third-order valence-electron chi connectivity index (χ3n) is 3.99. The molecule has 1 amide bonds. The minimum atomic E-state index is -0.270. The predicted molar refractivity (Wildman–Crippen MR) is 94.2 cm³/mol. The second-order valence-electron chi connectivity index (χ2n) is 5.70. The van der Waals surface area contributed by atoms with Crippen molar-refractivity contribution in [3.05, 3.63) is 42.0 Å². The number of ether oxygens (including phenoxy) is 5. The van der Waals surface area contributed by atoms with Crippen molar-refractivity contribution in [3.63, 3.8) is 0 Å². The summed E-state index contributed by atoms with van der Waals surface area (Å²) in [5.74, 6) is 2.93. The van der Waals surface area contributed by atoms with Crippen molar-refractivity contribution in [2.24, 2.45) is 0 Å². The Hall–Kier alpha value is -3.09. The monoisotopic (exact) mass is 359 g/mol. The maximum atomic E-state index is 12.2. The zero-order chi connectivity index (χ0) is 18.5. The summed E-state index contributed by atoms with van der Waals surface area (Å²) in [5.41, 5.74) is 0.822. The first-order chi connectivity index (χ1) is 12.6. The molecule has 138 valence electrons. The molecule has 0 fully saturated rings. The maximum Gasteiger partial charge on any atom is 0.258 e. The lowest BCUT2D eigenvalue weighted by atomic mass is 10.1. The van der Waals surface area contributed by atoms with Gasteiger partial charge in [0.15, 0.2) is 18.1 Å². The summed E-state index contributed by atoms with van der Waals surface area (Å²) in [4.78, 5) is 12.2. The summed E-state index contributed by atoms with van der Waals surface area (Å²) in [6.45, 7) is 1.95. The summed E-state index contributed by atoms with van der Waals surface area (Å²) < 4.78 is 26.6. The highest BCUT2D eigenvalue weighted by Crippen LogP contribution is 2.35. The molecule has 7 heteroatoms. The van der Waals surface area contributed by atoms with Gasteiger partial charge in [-0.2, -0.15) is 0 Å². The van der Waals surface area contributed by atoms with Crippen LogP contribution >= 0.6 is 0 Å². The van der Waals surface area contributed by atoms with Gasteiger partial charge in [-0.1, -0.05) is 0 Å². The van der Waals surface area contributed by atoms with E-state index in [2.05, 4.69) is 5.32 Å². The molecular formula is C19H21NO6. The van der Waals surface area contributed by atoms with Gasteiger partial charge in [0.2, 0.25) is 6.79 Å². The van der Waals surface area contributed by atoms with Crippen molar-refractivity contribution in [3.8, 4) is 28.7 Å². The van der Waals surface area contributed by atoms with Crippen LogP contribution in [-0.4, -0.2) is 33.5 Å². The van der Waals surface area contributed by atoms with Crippen LogP contribution in [0.25, 0.3) is 0 Å². The highest BCUT2D eigenvalue weighted by molar-refractivity contribution is 5.78. The zero-order valence-electron chi connectivity index (χ0n) is 14.9. The molecule has 0 unspecified atom stereocenters. The molecule has 1 aliphatic heterocycles. The lowest BCUT2D eigenvalue weighted by molar-refractivity contribution is -0.123. The summed E-state index contributed by atoms with van der Waals surface area (Å²) in [6, 6.07) is 10.4. The van der Waals surface area contributed by atoms with Crippen LogP contribution in [0.3, 0.4) is 0 Å². The molecule has 0 aliphatic carbocycles. The quantitative estimate of drug-likeness (QED) is 0.819. The van der Waals surface area contributed by atoms with E-state index in [0.717, 1.165) is 5.56 Å². The number of hydrogen-bond acceptors (Lipinski definition) is 6. The number of hydrogen-bond donors (Lipinski definition) is 1. The Morgan fingerprint density at radius 2 is 1.85 bits per heavy atom. The molecule has 0 saturated heterocycles. The SMILES string of the molecule is COc1ccc(OC)c([C@H](C)NC(=O)COc2ccc3c(c2)OCO3)c1. The Balaban J connectivity index is 1.59. The fourth-order valence-corrected chi connectivity index (χ4v) is 2.65. The molecule has 0 aromatic heterocycles. The number of amides is 1. The van der Waals surface area contributed by atoms with E-state index in [1.54, 1.807) is 44.6 Å². The normalized spacial score (nSPS) is 13.0. The second-order valence-corrected chi connectivity index (χ2v) is 5.70. The predicted octanol–water partition coefficient (Wildman–Crippen LogP) is 2.69. The minimum absolute atomic E-state index is 0.115. The Bertz CT molecular complexity index is 792. The molecule has 0 spiro atoms. The van der Waals surface area contributed by atoms with Gasteiger partial charge < -0.3 is 29.0 Å². The lowest BCUT2D eigenvalue weighted by Gasteiger charge is -2.18. The van der Waals surface area contributed by atoms with Crippen LogP contribution in [0.5, 0.6) is 28.7 Å². The van der Waals surface area contributed by atoms with Gasteiger partial charge >= 0.3 is 0 Å². The van der Waals surface area contributed by atoms with Crippen molar-refractivity contribution >= 4 is 5.91 Å². The van der Waals surface area contributed by atoms with Gasteiger partial charge in [0.25, 0.3) is 5.91 Å². The average molecular weight is 359 g/mol. The van der Waals surface area contributed by atoms with Crippen LogP contribution < -0.4 is 29.0 Å². The molecule has 26 heavy (non-hydrogen) atoms. The van der Waals surface area contributed by atoms with E-state index in [1.807, 2.05) is 13.0 Å². The van der Waals surface area contributed by atoms with E-state index < -0.39 is 0 Å². The standard InChI is InChI=1S/C19H21NO6/c1-12(15-8-13(22-2)4-6-16(15)23-3)20-19(21)10-24-14-5-7-17-18(9-14)26-11-25-17/h4-9,12H,10-11H2,1-3H3,(H,20,21)/t12-/m0/s1. The summed E-state index contributed by atoms with van der Waals surface area (Å²) in [6.07, 6.45) is 0. The molecule has 1 N–H and O–H groups in total. The van der Waals surface area contributed by atoms with E-state index in [4.69, 9.17) is 23.7 Å². The van der Waals surface area contributed by atoms with Gasteiger partial charge in [-0.3, -0.25) is 4.79 Å². The molecule has 0 radical (unpaired) electrons. The summed E-state index contributed by atoms with van der Waals surface area (Å²) >= 11 is 0. The van der Waals surface area contributed by atoms with E-state index in [9.17, 15) is 4.79 Å². The van der Waals surface area contributed by atoms with E-state index >= 15 is 0 Å². The molecule has 2 aromatic rings. The molecule has 3 rings (SSSR count). The van der Waals surface area contributed by atoms with Crippen molar-refractivity contribution < 1.29 is 28.5 Å². The molecule has 0 bridgehead atoms. The van der Waals surface area contributed by atoms with Gasteiger partial charge in [-0.15, -0.1) is 0 Å². The highest BCUT2D eigenvalue weighted by Gasteiger charge is 2.17. The number of nitrogens with one attached hydrogen (secondary N) is 1. The topological polar surface area (TPSA) is 75.3 Å². The van der Waals surface area contributed by atoms with Crippen LogP contribution in [0.1, 0.15) is 18.5 Å². The Morgan fingerprint density at radius 1 is 1.08 bits per heavy atom. The van der Waals surface area contributed by atoms with Crippen molar-refractivity contribution in [2.45, 2.75) is 13.0 Å². The summed E-state index contributed by atoms with van der Waals surface area (Å²) in [7, 11) is 3.18. The minimum Gasteiger partial charge on any atom is -0.497 e. The number of fused-ring (bicyclic) bond motifs is 1. The first-order valence-corrected chi connectivity index (χ1v) is 8.14. The molecule has 1 aliphatic rings. The fourth-order valence-electron chi connectivity index (χ4n) is 2.65. The Kier molecular flexibility index (Phi) is 5.36. The Labute approximate surface area is 151 Å². The third-order valence-corrected chi connectivity index (χ3v) is 3.99. The number of methoxy groups -OCH3 is 2. The summed E-state index contributed by atoms with van der Waals surface area (Å²) in [5, 5.41) is 2.89. The van der Waals surface area contributed by atoms with Crippen LogP contribution in [0, 0.1) is 0 Å². The van der Waals surface area contributed by atoms with Gasteiger partial charge in [0.05, 0.1) is 20.3 Å². The third kappa shape index (κ3) is 3.93. The highest BCUT2D eigenvalue weighted by atomic mass is 16.7. The van der Waals surface area contributed by atoms with Gasteiger partial charge in [-0.05, 0) is 37.3 Å². The largest absolute Gasteiger partial charge is 0.497 e. The van der Waals surface area contributed by atoms with E-state index in [1.165, 1.54) is 0 Å². The number of carbonyl (C=O) groups is 1. The molecule has 1 heterocycles. The number of benzene rings is 2. The molecule has 7 nitrogen and oxygen atoms in total. The van der Waals surface area contributed by atoms with E-state index in [-0.39, 0.29) is 25.3 Å². The molecule has 2 aromatic carbocycles. The lowest BCUT2D eigenvalue weighted by Crippen LogP contribution is -2.31. The van der Waals surface area contributed by atoms with Crippen molar-refractivity contribution in [2.75, 3.05) is 27.6 Å². The van der Waals surface area contributed by atoms with Crippen molar-refractivity contribution in [1.29, 1.82) is 0 Å². The van der Waals surface area contributed by atoms with Crippen LogP contribution in [0.15, 0.2) is 36.4 Å². The molecular weight excluding hydrogens is 338 g/mol. The van der Waals surface area contributed by atoms with Crippen LogP contribution in [0.4, 0.5) is 0 Å². The number of carbonyl (C=O) groups excluding carboxylic acids is 1. The first kappa shape index (κ1) is 17.7. The van der Waals surface area contributed by atoms with E-state index in [0.29, 0.717) is 28.7 Å².